The Hall–Kier alpha value is -1.25. The maximum Gasteiger partial charge on any atom is 0.280 e. The van der Waals surface area contributed by atoms with Gasteiger partial charge in [0.05, 0.1) is 17.4 Å². The molecular formula is C12H14BrN5O2. The van der Waals surface area contributed by atoms with Crippen molar-refractivity contribution in [1.82, 2.24) is 24.9 Å². The molecule has 7 nitrogen and oxygen atoms in total. The molecule has 106 valence electrons. The van der Waals surface area contributed by atoms with E-state index in [1.807, 2.05) is 6.92 Å². The third-order valence-corrected chi connectivity index (χ3v) is 4.50. The van der Waals surface area contributed by atoms with Crippen LogP contribution in [0.1, 0.15) is 37.1 Å². The first-order valence-corrected chi connectivity index (χ1v) is 7.47. The topological polar surface area (TPSA) is 84.3 Å². The lowest BCUT2D eigenvalue weighted by Crippen LogP contribution is -2.43. The molecule has 4 heterocycles. The van der Waals surface area contributed by atoms with Crippen molar-refractivity contribution in [3.8, 4) is 0 Å². The molecular weight excluding hydrogens is 326 g/mol. The van der Waals surface area contributed by atoms with Crippen LogP contribution in [0.25, 0.3) is 5.78 Å². The number of rotatable bonds is 0. The monoisotopic (exact) mass is 339 g/mol. The second-order valence-electron chi connectivity index (χ2n) is 5.33. The van der Waals surface area contributed by atoms with Crippen LogP contribution >= 0.6 is 15.9 Å². The first-order chi connectivity index (χ1) is 9.61. The number of hydrogen-bond acceptors (Lipinski definition) is 5. The van der Waals surface area contributed by atoms with Gasteiger partial charge in [0.1, 0.15) is 5.60 Å². The zero-order valence-corrected chi connectivity index (χ0v) is 12.5. The summed E-state index contributed by atoms with van der Waals surface area (Å²) in [5.41, 5.74) is 0.827. The molecule has 2 aliphatic heterocycles. The van der Waals surface area contributed by atoms with Crippen molar-refractivity contribution < 1.29 is 4.74 Å². The van der Waals surface area contributed by atoms with Crippen LogP contribution in [0.2, 0.25) is 0 Å². The van der Waals surface area contributed by atoms with Gasteiger partial charge < -0.3 is 10.1 Å². The van der Waals surface area contributed by atoms with E-state index in [4.69, 9.17) is 4.74 Å². The summed E-state index contributed by atoms with van der Waals surface area (Å²) in [5.74, 6) is 0.377. The smallest absolute Gasteiger partial charge is 0.280 e. The molecule has 1 unspecified atom stereocenters. The molecule has 1 atom stereocenters. The maximum atomic E-state index is 12.8. The molecule has 2 aromatic heterocycles. The van der Waals surface area contributed by atoms with E-state index in [-0.39, 0.29) is 11.7 Å². The van der Waals surface area contributed by atoms with Crippen molar-refractivity contribution >= 4 is 21.7 Å². The lowest BCUT2D eigenvalue weighted by molar-refractivity contribution is -0.0885. The van der Waals surface area contributed by atoms with Gasteiger partial charge in [0.25, 0.3) is 11.3 Å². The first kappa shape index (κ1) is 12.5. The standard InChI is InChI=1S/C12H14BrN5O2/c1-6-8-7(12(20-6)2-4-14-5-3-12)9(19)18-11(15-8)16-10(13)17-18/h6,14H,2-5H2,1H3,(H,15,16,17). The van der Waals surface area contributed by atoms with Gasteiger partial charge in [-0.15, -0.1) is 0 Å². The Morgan fingerprint density at radius 2 is 2.15 bits per heavy atom. The van der Waals surface area contributed by atoms with E-state index in [1.54, 1.807) is 0 Å². The molecule has 0 bridgehead atoms. The van der Waals surface area contributed by atoms with E-state index >= 15 is 0 Å². The van der Waals surface area contributed by atoms with E-state index < -0.39 is 5.60 Å². The molecule has 1 spiro atoms. The molecule has 2 aliphatic rings. The van der Waals surface area contributed by atoms with E-state index in [0.717, 1.165) is 31.6 Å². The number of aromatic amines is 1. The summed E-state index contributed by atoms with van der Waals surface area (Å²) in [6, 6.07) is 0. The number of aromatic nitrogens is 4. The number of nitrogens with one attached hydrogen (secondary N) is 2. The van der Waals surface area contributed by atoms with Gasteiger partial charge in [-0.2, -0.15) is 9.50 Å². The largest absolute Gasteiger partial charge is 0.361 e. The first-order valence-electron chi connectivity index (χ1n) is 6.68. The number of hydrogen-bond donors (Lipinski definition) is 2. The van der Waals surface area contributed by atoms with Gasteiger partial charge in [-0.1, -0.05) is 0 Å². The van der Waals surface area contributed by atoms with Crippen LogP contribution in [0.3, 0.4) is 0 Å². The molecule has 1 saturated heterocycles. The van der Waals surface area contributed by atoms with Crippen LogP contribution in [0.4, 0.5) is 0 Å². The fourth-order valence-corrected chi connectivity index (χ4v) is 3.62. The van der Waals surface area contributed by atoms with E-state index in [2.05, 4.69) is 36.3 Å². The van der Waals surface area contributed by atoms with Gasteiger partial charge in [-0.3, -0.25) is 9.89 Å². The van der Waals surface area contributed by atoms with Crippen LogP contribution in [0.15, 0.2) is 9.53 Å². The minimum Gasteiger partial charge on any atom is -0.361 e. The predicted octanol–water partition coefficient (Wildman–Crippen LogP) is 0.850. The molecule has 0 saturated carbocycles. The molecule has 2 N–H and O–H groups in total. The summed E-state index contributed by atoms with van der Waals surface area (Å²) in [6.45, 7) is 3.64. The maximum absolute atomic E-state index is 12.8. The summed E-state index contributed by atoms with van der Waals surface area (Å²) in [4.78, 5) is 21.5. The third-order valence-electron chi connectivity index (χ3n) is 4.15. The van der Waals surface area contributed by atoms with Crippen molar-refractivity contribution in [1.29, 1.82) is 0 Å². The Labute approximate surface area is 122 Å². The summed E-state index contributed by atoms with van der Waals surface area (Å²) >= 11 is 3.24. The van der Waals surface area contributed by atoms with Crippen molar-refractivity contribution in [2.24, 2.45) is 0 Å². The number of ether oxygens (including phenoxy) is 1. The predicted molar refractivity (Wildman–Crippen MR) is 74.6 cm³/mol. The van der Waals surface area contributed by atoms with Crippen LogP contribution < -0.4 is 10.9 Å². The summed E-state index contributed by atoms with van der Waals surface area (Å²) in [6.07, 6.45) is 1.42. The fourth-order valence-electron chi connectivity index (χ4n) is 3.28. The molecule has 0 aliphatic carbocycles. The molecule has 8 heteroatoms. The molecule has 2 aromatic rings. The van der Waals surface area contributed by atoms with Crippen molar-refractivity contribution in [2.75, 3.05) is 13.1 Å². The number of piperidine rings is 1. The highest BCUT2D eigenvalue weighted by Gasteiger charge is 2.48. The van der Waals surface area contributed by atoms with Crippen molar-refractivity contribution in [3.05, 3.63) is 26.3 Å². The van der Waals surface area contributed by atoms with Crippen LogP contribution in [-0.2, 0) is 10.3 Å². The van der Waals surface area contributed by atoms with Crippen LogP contribution in [0.5, 0.6) is 0 Å². The molecule has 0 amide bonds. The lowest BCUT2D eigenvalue weighted by Gasteiger charge is -2.33. The third kappa shape index (κ3) is 1.55. The number of halogens is 1. The Bertz CT molecular complexity index is 746. The average molecular weight is 340 g/mol. The average Bonchev–Trinajstić information content (AvgIpc) is 2.91. The quantitative estimate of drug-likeness (QED) is 0.743. The Kier molecular flexibility index (Phi) is 2.57. The Morgan fingerprint density at radius 1 is 1.40 bits per heavy atom. The van der Waals surface area contributed by atoms with E-state index in [1.165, 1.54) is 4.52 Å². The Morgan fingerprint density at radius 3 is 2.90 bits per heavy atom. The fraction of sp³-hybridized carbons (Fsp3) is 0.583. The van der Waals surface area contributed by atoms with Gasteiger partial charge in [0.2, 0.25) is 0 Å². The number of fused-ring (bicyclic) bond motifs is 3. The van der Waals surface area contributed by atoms with Crippen LogP contribution in [0, 0.1) is 0 Å². The highest BCUT2D eigenvalue weighted by molar-refractivity contribution is 9.10. The van der Waals surface area contributed by atoms with E-state index in [9.17, 15) is 4.79 Å². The minimum atomic E-state index is -0.497. The minimum absolute atomic E-state index is 0.102. The zero-order chi connectivity index (χ0) is 13.9. The Balaban J connectivity index is 2.02. The van der Waals surface area contributed by atoms with Crippen LogP contribution in [-0.4, -0.2) is 32.7 Å². The summed E-state index contributed by atoms with van der Waals surface area (Å²) < 4.78 is 8.02. The summed E-state index contributed by atoms with van der Waals surface area (Å²) in [5, 5.41) is 6.17. The molecule has 4 rings (SSSR count). The second-order valence-corrected chi connectivity index (χ2v) is 6.08. The summed E-state index contributed by atoms with van der Waals surface area (Å²) in [7, 11) is 0. The molecule has 0 aromatic carbocycles. The second kappa shape index (κ2) is 4.12. The van der Waals surface area contributed by atoms with Gasteiger partial charge in [0, 0.05) is 0 Å². The van der Waals surface area contributed by atoms with E-state index in [0.29, 0.717) is 16.1 Å². The highest BCUT2D eigenvalue weighted by atomic mass is 79.9. The lowest BCUT2D eigenvalue weighted by atomic mass is 9.86. The van der Waals surface area contributed by atoms with Gasteiger partial charge in [-0.25, -0.2) is 4.98 Å². The normalized spacial score (nSPS) is 24.4. The molecule has 1 fully saturated rings. The van der Waals surface area contributed by atoms with Gasteiger partial charge in [-0.05, 0) is 48.8 Å². The van der Waals surface area contributed by atoms with Crippen molar-refractivity contribution in [2.45, 2.75) is 31.5 Å². The van der Waals surface area contributed by atoms with Gasteiger partial charge in [0.15, 0.2) is 4.73 Å². The zero-order valence-electron chi connectivity index (χ0n) is 10.9. The number of nitrogens with zero attached hydrogens (tertiary/aromatic N) is 3. The number of H-pyrrole nitrogens is 1. The molecule has 0 radical (unpaired) electrons. The molecule has 20 heavy (non-hydrogen) atoms. The van der Waals surface area contributed by atoms with Crippen molar-refractivity contribution in [3.63, 3.8) is 0 Å². The SMILES string of the molecule is CC1OC2(CCNCC2)c2c1nc1nc(Br)[nH]n1c2=O. The highest BCUT2D eigenvalue weighted by Crippen LogP contribution is 2.45. The van der Waals surface area contributed by atoms with Gasteiger partial charge >= 0.3 is 0 Å².